The fourth-order valence-electron chi connectivity index (χ4n) is 7.58. The van der Waals surface area contributed by atoms with E-state index in [1.165, 1.54) is 50.0 Å². The Labute approximate surface area is 299 Å². The van der Waals surface area contributed by atoms with Crippen molar-refractivity contribution in [1.82, 2.24) is 14.8 Å². The van der Waals surface area contributed by atoms with Crippen LogP contribution in [-0.2, 0) is 5.41 Å². The standard InChI is InChI=1S/C45H41N5O/c1-45(2,3)32-21-23-36(31-13-6-5-7-14-31)42(27-32)49-30-48(40-19-10-11-20-41(40)49)33-15-12-16-34(28-33)51-35-22-24-38-37-17-8-9-18-39(37)50(43(38)29-35)44-46-25-26-47(44)4/h5-29,44,46H,30H2,1-4H3. The maximum absolute atomic E-state index is 6.65. The third-order valence-electron chi connectivity index (χ3n) is 10.2. The van der Waals surface area contributed by atoms with Gasteiger partial charge in [-0.25, -0.2) is 0 Å². The second kappa shape index (κ2) is 12.0. The smallest absolute Gasteiger partial charge is 0.182 e. The molecule has 0 spiro atoms. The number of benzene rings is 6. The van der Waals surface area contributed by atoms with Gasteiger partial charge in [-0.2, -0.15) is 0 Å². The van der Waals surface area contributed by atoms with Crippen molar-refractivity contribution in [2.24, 2.45) is 0 Å². The van der Waals surface area contributed by atoms with Gasteiger partial charge < -0.3 is 29.3 Å². The molecule has 1 atom stereocenters. The van der Waals surface area contributed by atoms with Crippen molar-refractivity contribution in [2.45, 2.75) is 32.5 Å². The Kier molecular flexibility index (Phi) is 7.28. The van der Waals surface area contributed by atoms with Gasteiger partial charge in [0.25, 0.3) is 0 Å². The summed E-state index contributed by atoms with van der Waals surface area (Å²) in [5, 5.41) is 5.93. The molecule has 0 fully saturated rings. The highest BCUT2D eigenvalue weighted by Gasteiger charge is 2.31. The largest absolute Gasteiger partial charge is 0.457 e. The van der Waals surface area contributed by atoms with E-state index in [9.17, 15) is 0 Å². The lowest BCUT2D eigenvalue weighted by Gasteiger charge is -2.27. The van der Waals surface area contributed by atoms with Gasteiger partial charge in [0.15, 0.2) is 6.29 Å². The highest BCUT2D eigenvalue weighted by atomic mass is 16.5. The van der Waals surface area contributed by atoms with Crippen LogP contribution in [0.25, 0.3) is 32.9 Å². The minimum absolute atomic E-state index is 0.0179. The van der Waals surface area contributed by atoms with Crippen LogP contribution < -0.4 is 19.9 Å². The topological polar surface area (TPSA) is 35.9 Å². The molecule has 6 nitrogen and oxygen atoms in total. The van der Waals surface area contributed by atoms with Crippen LogP contribution in [0.1, 0.15) is 32.6 Å². The molecule has 0 aliphatic carbocycles. The Hall–Kier alpha value is -6.14. The zero-order chi connectivity index (χ0) is 34.7. The number of aromatic nitrogens is 1. The van der Waals surface area contributed by atoms with Crippen molar-refractivity contribution in [3.8, 4) is 22.6 Å². The lowest BCUT2D eigenvalue weighted by atomic mass is 9.85. The first-order valence-electron chi connectivity index (χ1n) is 17.6. The van der Waals surface area contributed by atoms with E-state index in [2.05, 4.69) is 192 Å². The molecule has 252 valence electrons. The maximum Gasteiger partial charge on any atom is 0.182 e. The first-order valence-corrected chi connectivity index (χ1v) is 17.6. The van der Waals surface area contributed by atoms with E-state index in [1.54, 1.807) is 0 Å². The van der Waals surface area contributed by atoms with Crippen LogP contribution in [0.3, 0.4) is 0 Å². The SMILES string of the molecule is CN1C=CNC1n1c2ccccc2c2ccc(Oc3cccc(N4CN(c5cc(C(C)(C)C)ccc5-c5ccccc5)c5ccccc54)c3)cc21. The number of para-hydroxylation sites is 3. The summed E-state index contributed by atoms with van der Waals surface area (Å²) in [4.78, 5) is 7.02. The van der Waals surface area contributed by atoms with Crippen molar-refractivity contribution in [3.05, 3.63) is 157 Å². The molecular weight excluding hydrogens is 627 g/mol. The molecule has 7 aromatic rings. The normalized spacial score (nSPS) is 15.5. The molecular formula is C45H41N5O. The van der Waals surface area contributed by atoms with Crippen LogP contribution >= 0.6 is 0 Å². The van der Waals surface area contributed by atoms with Crippen molar-refractivity contribution in [1.29, 1.82) is 0 Å². The van der Waals surface area contributed by atoms with Crippen LogP contribution in [0.2, 0.25) is 0 Å². The molecule has 1 aromatic heterocycles. The fraction of sp³-hybridized carbons (Fsp3) is 0.156. The highest BCUT2D eigenvalue weighted by molar-refractivity contribution is 6.08. The molecule has 2 aliphatic rings. The number of hydrogen-bond donors (Lipinski definition) is 1. The molecule has 6 heteroatoms. The molecule has 0 saturated carbocycles. The summed E-state index contributed by atoms with van der Waals surface area (Å²) in [6, 6.07) is 49.8. The lowest BCUT2D eigenvalue weighted by molar-refractivity contribution is 0.258. The van der Waals surface area contributed by atoms with Crippen LogP contribution in [-0.4, -0.2) is 23.2 Å². The van der Waals surface area contributed by atoms with E-state index >= 15 is 0 Å². The Bertz CT molecular complexity index is 2440. The molecule has 9 rings (SSSR count). The zero-order valence-electron chi connectivity index (χ0n) is 29.4. The first-order chi connectivity index (χ1) is 24.8. The van der Waals surface area contributed by atoms with Gasteiger partial charge in [0.05, 0.1) is 28.1 Å². The lowest BCUT2D eigenvalue weighted by Crippen LogP contribution is -2.29. The van der Waals surface area contributed by atoms with Crippen molar-refractivity contribution in [3.63, 3.8) is 0 Å². The summed E-state index contributed by atoms with van der Waals surface area (Å²) < 4.78 is 9.00. The quantitative estimate of drug-likeness (QED) is 0.191. The second-order valence-electron chi connectivity index (χ2n) is 14.5. The molecule has 6 aromatic carbocycles. The summed E-state index contributed by atoms with van der Waals surface area (Å²) in [5.41, 5.74) is 10.7. The Morgan fingerprint density at radius 1 is 0.627 bits per heavy atom. The average Bonchev–Trinajstić information content (AvgIpc) is 3.84. The van der Waals surface area contributed by atoms with Crippen molar-refractivity contribution in [2.75, 3.05) is 23.5 Å². The van der Waals surface area contributed by atoms with Crippen LogP contribution in [0.15, 0.2) is 152 Å². The van der Waals surface area contributed by atoms with Gasteiger partial charge >= 0.3 is 0 Å². The van der Waals surface area contributed by atoms with Gasteiger partial charge in [-0.3, -0.25) is 0 Å². The predicted molar refractivity (Wildman–Crippen MR) is 211 cm³/mol. The number of rotatable bonds is 6. The molecule has 0 saturated heterocycles. The number of nitrogens with zero attached hydrogens (tertiary/aromatic N) is 4. The van der Waals surface area contributed by atoms with E-state index in [0.29, 0.717) is 6.67 Å². The molecule has 1 unspecified atom stereocenters. The third-order valence-corrected chi connectivity index (χ3v) is 10.2. The number of anilines is 4. The molecule has 3 heterocycles. The summed E-state index contributed by atoms with van der Waals surface area (Å²) >= 11 is 0. The summed E-state index contributed by atoms with van der Waals surface area (Å²) in [5.74, 6) is 1.59. The number of ether oxygens (including phenoxy) is 1. The predicted octanol–water partition coefficient (Wildman–Crippen LogP) is 11.3. The average molecular weight is 668 g/mol. The summed E-state index contributed by atoms with van der Waals surface area (Å²) in [6.45, 7) is 7.52. The molecule has 2 aliphatic heterocycles. The molecule has 51 heavy (non-hydrogen) atoms. The fourth-order valence-corrected chi connectivity index (χ4v) is 7.58. The zero-order valence-corrected chi connectivity index (χ0v) is 29.4. The van der Waals surface area contributed by atoms with Crippen molar-refractivity contribution < 1.29 is 4.74 Å². The highest BCUT2D eigenvalue weighted by Crippen LogP contribution is 2.48. The third kappa shape index (κ3) is 5.35. The Morgan fingerprint density at radius 2 is 1.35 bits per heavy atom. The van der Waals surface area contributed by atoms with Gasteiger partial charge in [0.1, 0.15) is 18.2 Å². The number of fused-ring (bicyclic) bond motifs is 4. The van der Waals surface area contributed by atoms with Crippen LogP contribution in [0.4, 0.5) is 22.7 Å². The van der Waals surface area contributed by atoms with Crippen molar-refractivity contribution >= 4 is 44.6 Å². The minimum Gasteiger partial charge on any atom is -0.457 e. The Morgan fingerprint density at radius 3 is 2.14 bits per heavy atom. The van der Waals surface area contributed by atoms with E-state index in [-0.39, 0.29) is 11.7 Å². The molecule has 0 amide bonds. The summed E-state index contributed by atoms with van der Waals surface area (Å²) in [7, 11) is 2.09. The number of hydrogen-bond acceptors (Lipinski definition) is 5. The van der Waals surface area contributed by atoms with Crippen LogP contribution in [0, 0.1) is 0 Å². The second-order valence-corrected chi connectivity index (χ2v) is 14.5. The van der Waals surface area contributed by atoms with Gasteiger partial charge in [-0.05, 0) is 65.1 Å². The van der Waals surface area contributed by atoms with Gasteiger partial charge in [-0.1, -0.05) is 99.6 Å². The molecule has 0 bridgehead atoms. The first kappa shape index (κ1) is 30.9. The Balaban J connectivity index is 1.08. The maximum atomic E-state index is 6.65. The van der Waals surface area contributed by atoms with Crippen LogP contribution in [0.5, 0.6) is 11.5 Å². The number of nitrogens with one attached hydrogen (secondary N) is 1. The molecule has 1 N–H and O–H groups in total. The van der Waals surface area contributed by atoms with E-state index in [1.807, 2.05) is 12.3 Å². The van der Waals surface area contributed by atoms with E-state index in [4.69, 9.17) is 4.74 Å². The minimum atomic E-state index is -0.0179. The van der Waals surface area contributed by atoms with E-state index in [0.717, 1.165) is 22.7 Å². The van der Waals surface area contributed by atoms with Gasteiger partial charge in [0, 0.05) is 53.6 Å². The van der Waals surface area contributed by atoms with Gasteiger partial charge in [-0.15, -0.1) is 0 Å². The van der Waals surface area contributed by atoms with Gasteiger partial charge in [0.2, 0.25) is 0 Å². The summed E-state index contributed by atoms with van der Waals surface area (Å²) in [6.07, 6.45) is 4.05. The molecule has 0 radical (unpaired) electrons. The van der Waals surface area contributed by atoms with E-state index < -0.39 is 0 Å². The monoisotopic (exact) mass is 667 g/mol.